The highest BCUT2D eigenvalue weighted by Crippen LogP contribution is 2.31. The number of halogens is 11. The molecular weight excluding hydrogens is 1750 g/mol. The van der Waals surface area contributed by atoms with Gasteiger partial charge in [0.2, 0.25) is 0 Å². The fourth-order valence-electron chi connectivity index (χ4n) is 6.54. The van der Waals surface area contributed by atoms with E-state index in [1.165, 1.54) is 43.5 Å². The quantitative estimate of drug-likeness (QED) is 0.0188. The highest BCUT2D eigenvalue weighted by atomic mass is 128. The van der Waals surface area contributed by atoms with E-state index >= 15 is 0 Å². The van der Waals surface area contributed by atoms with Crippen LogP contribution in [0.4, 0.5) is 28.4 Å². The van der Waals surface area contributed by atoms with Crippen LogP contribution in [0.15, 0.2) is 91.0 Å². The van der Waals surface area contributed by atoms with Crippen molar-refractivity contribution in [3.05, 3.63) is 255 Å². The number of nitro groups is 4. The minimum atomic E-state index is -1.50. The number of nitro benzene ring substituents is 4. The first-order chi connectivity index (χ1) is 42.6. The summed E-state index contributed by atoms with van der Waals surface area (Å²) in [5, 5.41) is 82.2. The average molecular weight is 1820 g/mol. The number of nitrogen functional groups attached to an aromatic ring is 1. The first kappa shape index (κ1) is 97.2. The van der Waals surface area contributed by atoms with Gasteiger partial charge in [0, 0.05) is 116 Å². The van der Waals surface area contributed by atoms with Crippen LogP contribution in [0.25, 0.3) is 0 Å². The Kier molecular flexibility index (Phi) is 55.1. The van der Waals surface area contributed by atoms with Crippen LogP contribution in [0.5, 0.6) is 5.75 Å². The lowest BCUT2D eigenvalue weighted by molar-refractivity contribution is -0.742. The van der Waals surface area contributed by atoms with E-state index in [4.69, 9.17) is 117 Å². The predicted molar refractivity (Wildman–Crippen MR) is 400 cm³/mol. The summed E-state index contributed by atoms with van der Waals surface area (Å²) < 4.78 is 14.8. The van der Waals surface area contributed by atoms with Gasteiger partial charge < -0.3 is 20.6 Å². The SMILES string of the molecule is COCl.Cc1cc([N+](=O)[O-])cc(C)c1Cl.Cc1cc([N+](=O)[O-])cc(C)c1Cl.Cc1ccc(N)c(C)c1Cl.Cc1ccc(O)c(C)c1Cl.Cc1ccc([N+](=O)[O-])c(C)c1Cl.Cc1ccc([N+](=O)[O-])c(C)c1Cl.Cc1cccc(C)c1Cl.I.II.O=[N+]([O-])O.OOOOSO. The van der Waals surface area contributed by atoms with E-state index in [1.807, 2.05) is 78.8 Å². The smallest absolute Gasteiger partial charge is 0.291 e. The molecule has 6 N–H and O–H groups in total. The summed E-state index contributed by atoms with van der Waals surface area (Å²) >= 11 is 49.6. The number of aryl methyl sites for hydroxylation is 10. The van der Waals surface area contributed by atoms with Crippen LogP contribution < -0.4 is 5.73 Å². The van der Waals surface area contributed by atoms with Gasteiger partial charge in [-0.15, -0.1) is 38.4 Å². The third kappa shape index (κ3) is 38.8. The monoisotopic (exact) mass is 1820 g/mol. The molecular formula is C57H67Cl8I3N6O18S. The molecule has 0 aliphatic carbocycles. The summed E-state index contributed by atoms with van der Waals surface area (Å²) in [7, 11) is 1.39. The van der Waals surface area contributed by atoms with Crippen LogP contribution in [-0.2, 0) is 18.7 Å². The second-order valence-corrected chi connectivity index (χ2v) is 21.4. The Morgan fingerprint density at radius 1 is 0.452 bits per heavy atom. The Hall–Kier alpha value is -4.44. The Morgan fingerprint density at radius 2 is 0.710 bits per heavy atom. The number of nitrogens with two attached hydrogens (primary N) is 1. The van der Waals surface area contributed by atoms with Crippen LogP contribution in [-0.4, -0.2) is 52.0 Å². The number of phenols is 1. The molecule has 0 aliphatic heterocycles. The van der Waals surface area contributed by atoms with Crippen molar-refractivity contribution in [1.29, 1.82) is 0 Å². The number of rotatable bonds is 7. The van der Waals surface area contributed by atoms with E-state index in [-0.39, 0.29) is 64.8 Å². The molecule has 0 aliphatic rings. The average Bonchev–Trinajstić information content (AvgIpc) is 1.21. The molecule has 7 aromatic rings. The highest BCUT2D eigenvalue weighted by molar-refractivity contribution is 15.0. The molecule has 516 valence electrons. The summed E-state index contributed by atoms with van der Waals surface area (Å²) in [6.07, 6.45) is 0. The van der Waals surface area contributed by atoms with Crippen molar-refractivity contribution < 1.29 is 63.6 Å². The molecule has 0 unspecified atom stereocenters. The number of phenolic OH excluding ortho intramolecular Hbond substituents is 1. The molecule has 0 saturated heterocycles. The van der Waals surface area contributed by atoms with Crippen LogP contribution in [0.3, 0.4) is 0 Å². The standard InChI is InChI=1S/4C8H8ClNO2.C8H10ClN.C8H9ClO.C8H9Cl.CH3ClO.I2.HI.HNO3.H2O5S/c2*1-5-3-7(10(11)12)4-6(2)8(5)9;2*1-5-3-4-7(10(11)12)6(2)8(5)9;2*1-5-3-4-7(10)6(2)8(5)9;1-6-4-3-5-7(2)8(6)9;1-3-2;1-2;;2-1(3)4;1-3-4-5-6-2/h4*3-4H,1-2H3;3-4H,10H2,1-2H3;3-4,10H,1-2H3;3-5H,1-2H3;1H3;;1H;(H,2,3,4);1-2H. The first-order valence-electron chi connectivity index (χ1n) is 25.0. The fraction of sp³-hybridized carbons (Fsp3) is 0.263. The van der Waals surface area contributed by atoms with Gasteiger partial charge in [0.15, 0.2) is 12.3 Å². The van der Waals surface area contributed by atoms with Gasteiger partial charge in [-0.05, 0) is 180 Å². The van der Waals surface area contributed by atoms with E-state index < -0.39 is 24.8 Å². The molecule has 0 saturated carbocycles. The lowest BCUT2D eigenvalue weighted by Gasteiger charge is -2.03. The second kappa shape index (κ2) is 52.7. The van der Waals surface area contributed by atoms with Gasteiger partial charge in [-0.2, -0.15) is 0 Å². The molecule has 93 heavy (non-hydrogen) atoms. The zero-order valence-electron chi connectivity index (χ0n) is 52.1. The molecule has 0 bridgehead atoms. The first-order valence-corrected chi connectivity index (χ1v) is 35.0. The lowest BCUT2D eigenvalue weighted by Crippen LogP contribution is -1.92. The Morgan fingerprint density at radius 3 is 0.946 bits per heavy atom. The maximum Gasteiger partial charge on any atom is 0.291 e. The molecule has 0 fully saturated rings. The Bertz CT molecular complexity index is 3220. The van der Waals surface area contributed by atoms with Gasteiger partial charge >= 0.3 is 0 Å². The third-order valence-corrected chi connectivity index (χ3v) is 15.6. The topological polar surface area (TPSA) is 360 Å². The van der Waals surface area contributed by atoms with E-state index in [0.29, 0.717) is 36.2 Å². The molecule has 7 rings (SSSR count). The van der Waals surface area contributed by atoms with Gasteiger partial charge in [-0.3, -0.25) is 44.7 Å². The van der Waals surface area contributed by atoms with Crippen LogP contribution >= 0.6 is 167 Å². The number of anilines is 1. The number of hydrogen-bond donors (Lipinski definition) is 5. The molecule has 0 aromatic heterocycles. The Labute approximate surface area is 622 Å². The van der Waals surface area contributed by atoms with Crippen molar-refractivity contribution >= 4 is 195 Å². The summed E-state index contributed by atoms with van der Waals surface area (Å²) in [4.78, 5) is 48.3. The molecule has 24 nitrogen and oxygen atoms in total. The van der Waals surface area contributed by atoms with Crippen molar-refractivity contribution in [2.75, 3.05) is 12.8 Å². The molecule has 7 aromatic carbocycles. The number of aromatic hydroxyl groups is 1. The fourth-order valence-corrected chi connectivity index (χ4v) is 7.58. The molecule has 36 heteroatoms. The van der Waals surface area contributed by atoms with E-state index in [2.05, 4.69) is 67.8 Å². The summed E-state index contributed by atoms with van der Waals surface area (Å²) in [6, 6.07) is 25.4. The highest BCUT2D eigenvalue weighted by Gasteiger charge is 2.16. The van der Waals surface area contributed by atoms with Gasteiger partial charge in [0.05, 0.1) is 53.7 Å². The molecule has 0 amide bonds. The predicted octanol–water partition coefficient (Wildman–Crippen LogP) is 22.9. The van der Waals surface area contributed by atoms with Crippen LogP contribution in [0.2, 0.25) is 35.2 Å². The number of benzene rings is 7. The Balaban J connectivity index is -0.000000312. The van der Waals surface area contributed by atoms with Crippen molar-refractivity contribution in [3.63, 3.8) is 0 Å². The summed E-state index contributed by atoms with van der Waals surface area (Å²) in [5.74, 6) is 0.260. The van der Waals surface area contributed by atoms with Crippen molar-refractivity contribution in [3.8, 4) is 5.75 Å². The largest absolute Gasteiger partial charge is 0.508 e. The van der Waals surface area contributed by atoms with Gasteiger partial charge in [-0.25, -0.2) is 5.26 Å². The van der Waals surface area contributed by atoms with Crippen LogP contribution in [0.1, 0.15) is 77.9 Å². The number of non-ortho nitro benzene ring substituents is 2. The summed E-state index contributed by atoms with van der Waals surface area (Å²) in [6.45, 7) is 25.6. The minimum Gasteiger partial charge on any atom is -0.508 e. The zero-order valence-corrected chi connectivity index (χ0v) is 65.6. The molecule has 0 spiro atoms. The van der Waals surface area contributed by atoms with E-state index in [0.717, 1.165) is 82.5 Å². The third-order valence-electron chi connectivity index (χ3n) is 11.4. The van der Waals surface area contributed by atoms with Crippen molar-refractivity contribution in [1.82, 2.24) is 0 Å². The van der Waals surface area contributed by atoms with Crippen molar-refractivity contribution in [2.24, 2.45) is 0 Å². The molecule has 0 heterocycles. The van der Waals surface area contributed by atoms with Crippen molar-refractivity contribution in [2.45, 2.75) is 96.9 Å². The normalized spacial score (nSPS) is 9.28. The van der Waals surface area contributed by atoms with Crippen LogP contribution in [0, 0.1) is 148 Å². The maximum absolute atomic E-state index is 10.4. The van der Waals surface area contributed by atoms with E-state index in [1.54, 1.807) is 72.7 Å². The van der Waals surface area contributed by atoms with E-state index in [9.17, 15) is 40.5 Å². The molecule has 0 radical (unpaired) electrons. The second-order valence-electron chi connectivity index (χ2n) is 18.1. The zero-order chi connectivity index (χ0) is 72.6. The van der Waals surface area contributed by atoms with Gasteiger partial charge in [0.25, 0.3) is 27.8 Å². The maximum atomic E-state index is 10.4. The minimum absolute atomic E-state index is 0. The lowest BCUT2D eigenvalue weighted by atomic mass is 10.1. The van der Waals surface area contributed by atoms with Gasteiger partial charge in [-0.1, -0.05) is 124 Å². The number of nitrogens with zero attached hydrogens (tertiary/aromatic N) is 5. The van der Waals surface area contributed by atoms with Gasteiger partial charge in [0.1, 0.15) is 5.75 Å². The summed E-state index contributed by atoms with van der Waals surface area (Å²) in [5.41, 5.74) is 18.5. The molecule has 0 atom stereocenters. The number of hydrogen-bond acceptors (Lipinski definition) is 19.